The first-order valence-corrected chi connectivity index (χ1v) is 10.5. The van der Waals surface area contributed by atoms with Gasteiger partial charge in [-0.15, -0.1) is 0 Å². The zero-order chi connectivity index (χ0) is 18.6. The first kappa shape index (κ1) is 17.3. The number of hydrogen-bond donors (Lipinski definition) is 0. The second-order valence-corrected chi connectivity index (χ2v) is 8.92. The molecule has 0 aliphatic carbocycles. The van der Waals surface area contributed by atoms with Crippen LogP contribution in [0.3, 0.4) is 0 Å². The van der Waals surface area contributed by atoms with E-state index in [1.165, 1.54) is 5.56 Å². The molecule has 7 heteroatoms. The van der Waals surface area contributed by atoms with Crippen molar-refractivity contribution < 1.29 is 22.1 Å². The van der Waals surface area contributed by atoms with E-state index in [-0.39, 0.29) is 23.1 Å². The van der Waals surface area contributed by atoms with Crippen LogP contribution >= 0.6 is 0 Å². The first-order chi connectivity index (χ1) is 13.0. The number of hydrogen-bond acceptors (Lipinski definition) is 6. The number of ether oxygens (including phenoxy) is 2. The van der Waals surface area contributed by atoms with Gasteiger partial charge in [-0.2, -0.15) is 8.42 Å². The summed E-state index contributed by atoms with van der Waals surface area (Å²) in [6.45, 7) is 3.13. The predicted molar refractivity (Wildman–Crippen MR) is 97.4 cm³/mol. The molecule has 2 aromatic rings. The zero-order valence-electron chi connectivity index (χ0n) is 14.9. The van der Waals surface area contributed by atoms with Gasteiger partial charge in [0.2, 0.25) is 0 Å². The lowest BCUT2D eigenvalue weighted by Gasteiger charge is -2.25. The second kappa shape index (κ2) is 6.39. The van der Waals surface area contributed by atoms with Crippen molar-refractivity contribution in [2.45, 2.75) is 48.9 Å². The van der Waals surface area contributed by atoms with Crippen molar-refractivity contribution in [3.05, 3.63) is 65.7 Å². The van der Waals surface area contributed by atoms with E-state index in [0.717, 1.165) is 12.1 Å². The molecule has 3 aliphatic heterocycles. The average Bonchev–Trinajstić information content (AvgIpc) is 3.20. The van der Waals surface area contributed by atoms with Gasteiger partial charge >= 0.3 is 0 Å². The SMILES string of the molecule is Cc1ccc(S(=O)(=O)O[C@H]2[C@@H]3OC[C@@H](O3)[C@@H]3[C@H]2N3Cc2ccccc2)cc1. The summed E-state index contributed by atoms with van der Waals surface area (Å²) in [5.41, 5.74) is 2.18. The van der Waals surface area contributed by atoms with E-state index in [1.807, 2.05) is 25.1 Å². The van der Waals surface area contributed by atoms with E-state index in [9.17, 15) is 8.42 Å². The smallest absolute Gasteiger partial charge is 0.297 e. The van der Waals surface area contributed by atoms with Gasteiger partial charge < -0.3 is 9.47 Å². The van der Waals surface area contributed by atoms with Crippen LogP contribution in [0.15, 0.2) is 59.5 Å². The summed E-state index contributed by atoms with van der Waals surface area (Å²) >= 11 is 0. The van der Waals surface area contributed by atoms with Crippen molar-refractivity contribution in [3.63, 3.8) is 0 Å². The van der Waals surface area contributed by atoms with Crippen molar-refractivity contribution in [3.8, 4) is 0 Å². The molecule has 3 saturated heterocycles. The Morgan fingerprint density at radius 2 is 1.81 bits per heavy atom. The van der Waals surface area contributed by atoms with Crippen molar-refractivity contribution in [1.82, 2.24) is 4.90 Å². The van der Waals surface area contributed by atoms with Crippen molar-refractivity contribution >= 4 is 10.1 Å². The second-order valence-electron chi connectivity index (χ2n) is 7.34. The average molecular weight is 387 g/mol. The van der Waals surface area contributed by atoms with Crippen LogP contribution in [0.5, 0.6) is 0 Å². The molecule has 2 aromatic carbocycles. The van der Waals surface area contributed by atoms with E-state index in [2.05, 4.69) is 17.0 Å². The first-order valence-electron chi connectivity index (χ1n) is 9.10. The summed E-state index contributed by atoms with van der Waals surface area (Å²) in [6, 6.07) is 16.9. The molecule has 0 amide bonds. The molecular formula is C20H21NO5S. The number of aryl methyl sites for hydroxylation is 1. The standard InChI is InChI=1S/C20H21NO5S/c1-13-7-9-15(10-8-13)27(22,23)26-19-18-17(16-12-24-20(19)25-16)21(18)11-14-5-3-2-4-6-14/h2-10,16-20H,11-12H2,1H3/t16-,17-,18-,19-,20-,21?/m1/s1. The summed E-state index contributed by atoms with van der Waals surface area (Å²) in [6.07, 6.45) is -1.33. The maximum Gasteiger partial charge on any atom is 0.297 e. The summed E-state index contributed by atoms with van der Waals surface area (Å²) in [5.74, 6) is 0. The predicted octanol–water partition coefficient (Wildman–Crippen LogP) is 2.08. The molecule has 6 atom stereocenters. The van der Waals surface area contributed by atoms with Gasteiger partial charge in [-0.05, 0) is 24.6 Å². The molecule has 0 radical (unpaired) electrons. The maximum atomic E-state index is 12.8. The van der Waals surface area contributed by atoms with Gasteiger partial charge in [0.15, 0.2) is 6.29 Å². The van der Waals surface area contributed by atoms with Crippen LogP contribution in [0, 0.1) is 6.92 Å². The normalized spacial score (nSPS) is 34.3. The Kier molecular flexibility index (Phi) is 4.10. The van der Waals surface area contributed by atoms with E-state index in [0.29, 0.717) is 6.61 Å². The van der Waals surface area contributed by atoms with Crippen LogP contribution in [0.1, 0.15) is 11.1 Å². The van der Waals surface area contributed by atoms with Crippen LogP contribution in [0.2, 0.25) is 0 Å². The third kappa shape index (κ3) is 3.09. The molecule has 5 rings (SSSR count). The van der Waals surface area contributed by atoms with E-state index in [1.54, 1.807) is 24.3 Å². The number of nitrogens with zero attached hydrogens (tertiary/aromatic N) is 1. The monoisotopic (exact) mass is 387 g/mol. The largest absolute Gasteiger partial charge is 0.347 e. The van der Waals surface area contributed by atoms with Crippen LogP contribution in [-0.2, 0) is 30.3 Å². The Morgan fingerprint density at radius 1 is 1.07 bits per heavy atom. The van der Waals surface area contributed by atoms with E-state index >= 15 is 0 Å². The minimum absolute atomic E-state index is 0.0170. The molecule has 142 valence electrons. The van der Waals surface area contributed by atoms with Crippen LogP contribution in [0.4, 0.5) is 0 Å². The highest BCUT2D eigenvalue weighted by atomic mass is 32.2. The molecule has 1 unspecified atom stereocenters. The van der Waals surface area contributed by atoms with Crippen LogP contribution < -0.4 is 0 Å². The molecule has 27 heavy (non-hydrogen) atoms. The third-order valence-electron chi connectivity index (χ3n) is 5.50. The zero-order valence-corrected chi connectivity index (χ0v) is 15.7. The summed E-state index contributed by atoms with van der Waals surface area (Å²) in [7, 11) is -3.89. The number of rotatable bonds is 5. The molecule has 3 aliphatic rings. The Morgan fingerprint density at radius 3 is 2.56 bits per heavy atom. The summed E-state index contributed by atoms with van der Waals surface area (Å²) in [5, 5.41) is 0. The van der Waals surface area contributed by atoms with Gasteiger partial charge in [0.1, 0.15) is 12.2 Å². The summed E-state index contributed by atoms with van der Waals surface area (Å²) < 4.78 is 42.7. The van der Waals surface area contributed by atoms with Gasteiger partial charge in [0, 0.05) is 6.54 Å². The lowest BCUT2D eigenvalue weighted by Crippen LogP contribution is -2.42. The van der Waals surface area contributed by atoms with Gasteiger partial charge in [0.25, 0.3) is 10.1 Å². The maximum absolute atomic E-state index is 12.8. The minimum atomic E-state index is -3.89. The molecule has 0 aromatic heterocycles. The Hall–Kier alpha value is -1.77. The van der Waals surface area contributed by atoms with Crippen molar-refractivity contribution in [1.29, 1.82) is 0 Å². The molecular weight excluding hydrogens is 366 g/mol. The summed E-state index contributed by atoms with van der Waals surface area (Å²) in [4.78, 5) is 2.40. The molecule has 3 heterocycles. The highest BCUT2D eigenvalue weighted by Crippen LogP contribution is 2.47. The Balaban J connectivity index is 1.37. The lowest BCUT2D eigenvalue weighted by molar-refractivity contribution is -0.132. The Labute approximate surface area is 158 Å². The highest BCUT2D eigenvalue weighted by Gasteiger charge is 2.66. The molecule has 0 spiro atoms. The van der Waals surface area contributed by atoms with Gasteiger partial charge in [-0.25, -0.2) is 0 Å². The fourth-order valence-corrected chi connectivity index (χ4v) is 5.18. The fourth-order valence-electron chi connectivity index (χ4n) is 4.10. The minimum Gasteiger partial charge on any atom is -0.347 e. The lowest BCUT2D eigenvalue weighted by atomic mass is 10.1. The Bertz CT molecular complexity index is 931. The van der Waals surface area contributed by atoms with E-state index in [4.69, 9.17) is 13.7 Å². The van der Waals surface area contributed by atoms with Gasteiger partial charge in [-0.1, -0.05) is 48.0 Å². The highest BCUT2D eigenvalue weighted by molar-refractivity contribution is 7.86. The molecule has 0 saturated carbocycles. The molecule has 0 N–H and O–H groups in total. The third-order valence-corrected chi connectivity index (χ3v) is 6.83. The topological polar surface area (TPSA) is 64.8 Å². The quantitative estimate of drug-likeness (QED) is 0.578. The van der Waals surface area contributed by atoms with Gasteiger partial charge in [0.05, 0.1) is 23.6 Å². The van der Waals surface area contributed by atoms with Gasteiger partial charge in [-0.3, -0.25) is 9.08 Å². The fraction of sp³-hybridized carbons (Fsp3) is 0.400. The van der Waals surface area contributed by atoms with Crippen molar-refractivity contribution in [2.75, 3.05) is 6.61 Å². The van der Waals surface area contributed by atoms with E-state index < -0.39 is 22.5 Å². The molecule has 2 bridgehead atoms. The molecule has 3 fully saturated rings. The van der Waals surface area contributed by atoms with Crippen LogP contribution in [0.25, 0.3) is 0 Å². The van der Waals surface area contributed by atoms with Crippen LogP contribution in [-0.4, -0.2) is 50.5 Å². The van der Waals surface area contributed by atoms with Crippen molar-refractivity contribution in [2.24, 2.45) is 0 Å². The number of fused-ring (bicyclic) bond motifs is 4. The number of benzene rings is 2. The molecule has 6 nitrogen and oxygen atoms in total.